The molecular weight excluding hydrogens is 182 g/mol. The van der Waals surface area contributed by atoms with Gasteiger partial charge in [0.1, 0.15) is 0 Å². The van der Waals surface area contributed by atoms with Gasteiger partial charge in [0.05, 0.1) is 6.07 Å². The van der Waals surface area contributed by atoms with Gasteiger partial charge in [0.15, 0.2) is 4.58 Å². The molecule has 0 aromatic rings. The van der Waals surface area contributed by atoms with Crippen molar-refractivity contribution < 1.29 is 8.76 Å². The third-order valence-corrected chi connectivity index (χ3v) is 4.25. The monoisotopic (exact) mass is 187 g/mol. The maximum absolute atomic E-state index is 10.4. The third kappa shape index (κ3) is 1.93. The van der Waals surface area contributed by atoms with Crippen molar-refractivity contribution in [1.29, 1.82) is 5.26 Å². The van der Waals surface area contributed by atoms with Crippen molar-refractivity contribution in [3.05, 3.63) is 23.0 Å². The average molecular weight is 187 g/mol. The van der Waals surface area contributed by atoms with Crippen LogP contribution in [0.3, 0.4) is 0 Å². The van der Waals surface area contributed by atoms with E-state index in [-0.39, 0.29) is 0 Å². The van der Waals surface area contributed by atoms with Crippen LogP contribution >= 0.6 is 10.9 Å². The summed E-state index contributed by atoms with van der Waals surface area (Å²) in [4.78, 5) is 0. The lowest BCUT2D eigenvalue weighted by Crippen LogP contribution is -2.09. The van der Waals surface area contributed by atoms with E-state index in [1.807, 2.05) is 0 Å². The Morgan fingerprint density at radius 2 is 2.09 bits per heavy atom. The Bertz CT molecular complexity index is 254. The van der Waals surface area contributed by atoms with Crippen LogP contribution in [0.15, 0.2) is 23.0 Å². The summed E-state index contributed by atoms with van der Waals surface area (Å²) in [6.07, 6.45) is 3.50. The lowest BCUT2D eigenvalue weighted by molar-refractivity contribution is 0.538. The normalized spacial score (nSPS) is 21.5. The molecule has 1 aliphatic heterocycles. The van der Waals surface area contributed by atoms with Crippen molar-refractivity contribution in [3.8, 4) is 6.07 Å². The molecule has 1 radical (unpaired) electrons. The van der Waals surface area contributed by atoms with Crippen LogP contribution in [0.1, 0.15) is 0 Å². The summed E-state index contributed by atoms with van der Waals surface area (Å²) in [6.45, 7) is 0. The lowest BCUT2D eigenvalue weighted by atomic mass is 10.6. The van der Waals surface area contributed by atoms with Crippen molar-refractivity contribution in [2.24, 2.45) is 0 Å². The molecule has 3 nitrogen and oxygen atoms in total. The Balaban J connectivity index is 2.72. The molecule has 0 aromatic carbocycles. The first kappa shape index (κ1) is 8.53. The van der Waals surface area contributed by atoms with Gasteiger partial charge in [-0.1, -0.05) is 12.2 Å². The molecule has 5 heteroatoms. The SMILES string of the molecule is N#CC([S]1C=CC=C1)S(=O)[O-]. The number of rotatable bonds is 2. The average Bonchev–Trinajstić information content (AvgIpc) is 2.40. The Labute approximate surface area is 70.0 Å². The molecule has 2 atom stereocenters. The number of nitrogens with zero attached hydrogens (tertiary/aromatic N) is 1. The summed E-state index contributed by atoms with van der Waals surface area (Å²) >= 11 is -2.29. The summed E-state index contributed by atoms with van der Waals surface area (Å²) in [5.41, 5.74) is 0. The van der Waals surface area contributed by atoms with Crippen molar-refractivity contribution in [2.45, 2.75) is 4.58 Å². The van der Waals surface area contributed by atoms with E-state index in [0.717, 1.165) is 0 Å². The minimum atomic E-state index is -2.29. The standard InChI is InChI=1S/C6H6NO2S2/c7-5-6(11(8)9)10-3-1-2-4-10/h1-4,6H,(H,8,9)/p-1. The number of hydrogen-bond donors (Lipinski definition) is 0. The smallest absolute Gasteiger partial charge is 0.152 e. The predicted octanol–water partition coefficient (Wildman–Crippen LogP) is 1.03. The van der Waals surface area contributed by atoms with Crippen LogP contribution in [0.5, 0.6) is 0 Å². The number of nitriles is 1. The Kier molecular flexibility index (Phi) is 2.88. The molecule has 0 amide bonds. The summed E-state index contributed by atoms with van der Waals surface area (Å²) in [5.74, 6) is 0. The highest BCUT2D eigenvalue weighted by Crippen LogP contribution is 2.38. The van der Waals surface area contributed by atoms with Crippen LogP contribution in [-0.2, 0) is 11.1 Å². The van der Waals surface area contributed by atoms with Crippen LogP contribution in [0.4, 0.5) is 0 Å². The van der Waals surface area contributed by atoms with Crippen molar-refractivity contribution in [3.63, 3.8) is 0 Å². The van der Waals surface area contributed by atoms with Crippen LogP contribution < -0.4 is 0 Å². The second-order valence-corrected chi connectivity index (χ2v) is 4.91. The van der Waals surface area contributed by atoms with E-state index < -0.39 is 26.6 Å². The molecule has 1 rings (SSSR count). The zero-order valence-electron chi connectivity index (χ0n) is 5.47. The molecule has 59 valence electrons. The second kappa shape index (κ2) is 3.72. The molecule has 0 N–H and O–H groups in total. The fourth-order valence-corrected chi connectivity index (χ4v) is 2.89. The van der Waals surface area contributed by atoms with Crippen LogP contribution in [0.2, 0.25) is 0 Å². The van der Waals surface area contributed by atoms with E-state index >= 15 is 0 Å². The molecule has 0 spiro atoms. The van der Waals surface area contributed by atoms with Crippen LogP contribution in [0.25, 0.3) is 0 Å². The lowest BCUT2D eigenvalue weighted by Gasteiger charge is -2.17. The maximum Gasteiger partial charge on any atom is 0.152 e. The zero-order valence-corrected chi connectivity index (χ0v) is 7.10. The van der Waals surface area contributed by atoms with Crippen molar-refractivity contribution in [2.75, 3.05) is 0 Å². The van der Waals surface area contributed by atoms with E-state index in [1.165, 1.54) is 0 Å². The minimum Gasteiger partial charge on any atom is -0.771 e. The summed E-state index contributed by atoms with van der Waals surface area (Å²) in [6, 6.07) is 1.74. The van der Waals surface area contributed by atoms with Gasteiger partial charge in [0, 0.05) is 0 Å². The van der Waals surface area contributed by atoms with Gasteiger partial charge < -0.3 is 4.55 Å². The minimum absolute atomic E-state index is 0.530. The zero-order chi connectivity index (χ0) is 8.27. The van der Waals surface area contributed by atoms with Crippen molar-refractivity contribution >= 4 is 22.0 Å². The van der Waals surface area contributed by atoms with Crippen molar-refractivity contribution in [1.82, 2.24) is 0 Å². The van der Waals surface area contributed by atoms with Gasteiger partial charge in [0.2, 0.25) is 0 Å². The Morgan fingerprint density at radius 3 is 2.45 bits per heavy atom. The molecular formula is C6H5NO2S2-. The summed E-state index contributed by atoms with van der Waals surface area (Å²) < 4.78 is 20.0. The van der Waals surface area contributed by atoms with Crippen LogP contribution in [-0.4, -0.2) is 13.3 Å². The summed E-state index contributed by atoms with van der Waals surface area (Å²) in [5, 5.41) is 11.9. The predicted molar refractivity (Wildman–Crippen MR) is 44.2 cm³/mol. The van der Waals surface area contributed by atoms with E-state index in [1.54, 1.807) is 29.0 Å². The van der Waals surface area contributed by atoms with Gasteiger partial charge >= 0.3 is 0 Å². The fraction of sp³-hybridized carbons (Fsp3) is 0.167. The van der Waals surface area contributed by atoms with Gasteiger partial charge in [-0.25, -0.2) is 0 Å². The van der Waals surface area contributed by atoms with Gasteiger partial charge in [-0.2, -0.15) is 5.26 Å². The van der Waals surface area contributed by atoms with Gasteiger partial charge in [0.25, 0.3) is 0 Å². The highest BCUT2D eigenvalue weighted by molar-refractivity contribution is 8.28. The Hall–Kier alpha value is -0.570. The highest BCUT2D eigenvalue weighted by Gasteiger charge is 2.16. The van der Waals surface area contributed by atoms with E-state index in [0.29, 0.717) is 0 Å². The van der Waals surface area contributed by atoms with Gasteiger partial charge in [-0.15, -0.1) is 10.9 Å². The fourth-order valence-electron chi connectivity index (χ4n) is 0.655. The maximum atomic E-state index is 10.4. The number of hydrogen-bond acceptors (Lipinski definition) is 3. The molecule has 11 heavy (non-hydrogen) atoms. The largest absolute Gasteiger partial charge is 0.771 e. The van der Waals surface area contributed by atoms with Gasteiger partial charge in [-0.05, 0) is 21.9 Å². The third-order valence-electron chi connectivity index (χ3n) is 1.11. The molecule has 0 fully saturated rings. The van der Waals surface area contributed by atoms with Crippen LogP contribution in [0, 0.1) is 11.3 Å². The molecule has 0 aromatic heterocycles. The first-order valence-electron chi connectivity index (χ1n) is 2.79. The quantitative estimate of drug-likeness (QED) is 0.606. The Morgan fingerprint density at radius 1 is 1.55 bits per heavy atom. The first-order valence-corrected chi connectivity index (χ1v) is 5.34. The van der Waals surface area contributed by atoms with E-state index in [2.05, 4.69) is 0 Å². The molecule has 1 aliphatic rings. The van der Waals surface area contributed by atoms with E-state index in [4.69, 9.17) is 5.26 Å². The highest BCUT2D eigenvalue weighted by atomic mass is 32.3. The first-order chi connectivity index (χ1) is 5.25. The van der Waals surface area contributed by atoms with Gasteiger partial charge in [-0.3, -0.25) is 4.21 Å². The molecule has 1 heterocycles. The summed E-state index contributed by atoms with van der Waals surface area (Å²) in [7, 11) is -0.530. The molecule has 2 unspecified atom stereocenters. The van der Waals surface area contributed by atoms with E-state index in [9.17, 15) is 8.76 Å². The topological polar surface area (TPSA) is 63.9 Å². The molecule has 0 saturated carbocycles. The molecule has 0 saturated heterocycles. The number of allylic oxidation sites excluding steroid dienone is 2. The second-order valence-electron chi connectivity index (χ2n) is 1.79. The molecule has 0 bridgehead atoms. The molecule has 0 aliphatic carbocycles.